The molecule has 0 amide bonds. The van der Waals surface area contributed by atoms with E-state index in [1.54, 1.807) is 0 Å². The van der Waals surface area contributed by atoms with E-state index in [1.165, 1.54) is 16.3 Å². The molecule has 0 aliphatic rings. The third-order valence-corrected chi connectivity index (χ3v) is 3.47. The van der Waals surface area contributed by atoms with Gasteiger partial charge in [0.15, 0.2) is 0 Å². The van der Waals surface area contributed by atoms with Gasteiger partial charge in [-0.15, -0.1) is 0 Å². The summed E-state index contributed by atoms with van der Waals surface area (Å²) >= 11 is 0. The van der Waals surface area contributed by atoms with Gasteiger partial charge in [-0.25, -0.2) is 0 Å². The van der Waals surface area contributed by atoms with Gasteiger partial charge in [-0.05, 0) is 44.2 Å². The van der Waals surface area contributed by atoms with Crippen molar-refractivity contribution in [3.63, 3.8) is 0 Å². The molecule has 0 heterocycles. The zero-order valence-corrected chi connectivity index (χ0v) is 13.1. The van der Waals surface area contributed by atoms with Gasteiger partial charge in [-0.3, -0.25) is 0 Å². The van der Waals surface area contributed by atoms with Crippen LogP contribution in [0.2, 0.25) is 0 Å². The van der Waals surface area contributed by atoms with Crippen LogP contribution in [0.5, 0.6) is 0 Å². The van der Waals surface area contributed by atoms with Crippen molar-refractivity contribution in [3.8, 4) is 0 Å². The van der Waals surface area contributed by atoms with Crippen molar-refractivity contribution in [1.82, 2.24) is 10.2 Å². The van der Waals surface area contributed by atoms with Gasteiger partial charge in [0.05, 0.1) is 0 Å². The van der Waals surface area contributed by atoms with Crippen molar-refractivity contribution in [2.75, 3.05) is 20.1 Å². The normalized spacial score (nSPS) is 12.2. The maximum Gasteiger partial charge on any atom is 0.0237 e. The second kappa shape index (κ2) is 6.38. The number of nitrogens with zero attached hydrogens (tertiary/aromatic N) is 1. The quantitative estimate of drug-likeness (QED) is 0.892. The van der Waals surface area contributed by atoms with Crippen LogP contribution >= 0.6 is 0 Å². The molecule has 0 radical (unpaired) electrons. The molecule has 0 saturated heterocycles. The maximum atomic E-state index is 3.53. The standard InChI is InChI=1S/C18H26N2/c1-18(2,3)19-12-13-20(4)14-16-10-7-9-15-8-5-6-11-17(15)16/h5-11,19H,12-14H2,1-4H3. The van der Waals surface area contributed by atoms with E-state index in [9.17, 15) is 0 Å². The first-order chi connectivity index (χ1) is 9.46. The fourth-order valence-corrected chi connectivity index (χ4v) is 2.42. The van der Waals surface area contributed by atoms with Crippen molar-refractivity contribution in [3.05, 3.63) is 48.0 Å². The minimum absolute atomic E-state index is 0.195. The molecule has 108 valence electrons. The van der Waals surface area contributed by atoms with Crippen LogP contribution in [0.15, 0.2) is 42.5 Å². The topological polar surface area (TPSA) is 15.3 Å². The minimum Gasteiger partial charge on any atom is -0.311 e. The first-order valence-corrected chi connectivity index (χ1v) is 7.36. The molecule has 0 spiro atoms. The highest BCUT2D eigenvalue weighted by Crippen LogP contribution is 2.19. The van der Waals surface area contributed by atoms with Crippen LogP contribution in [0.3, 0.4) is 0 Å². The average molecular weight is 270 g/mol. The first kappa shape index (κ1) is 15.0. The van der Waals surface area contributed by atoms with Gasteiger partial charge in [0, 0.05) is 25.2 Å². The molecule has 1 N–H and O–H groups in total. The lowest BCUT2D eigenvalue weighted by Crippen LogP contribution is -2.40. The van der Waals surface area contributed by atoms with E-state index < -0.39 is 0 Å². The van der Waals surface area contributed by atoms with E-state index in [0.717, 1.165) is 19.6 Å². The zero-order valence-electron chi connectivity index (χ0n) is 13.1. The van der Waals surface area contributed by atoms with Crippen LogP contribution in [-0.2, 0) is 6.54 Å². The fourth-order valence-electron chi connectivity index (χ4n) is 2.42. The highest BCUT2D eigenvalue weighted by molar-refractivity contribution is 5.85. The predicted octanol–water partition coefficient (Wildman–Crippen LogP) is 3.66. The average Bonchev–Trinajstić information content (AvgIpc) is 2.37. The second-order valence-corrected chi connectivity index (χ2v) is 6.55. The van der Waals surface area contributed by atoms with Gasteiger partial charge < -0.3 is 10.2 Å². The summed E-state index contributed by atoms with van der Waals surface area (Å²) < 4.78 is 0. The molecule has 0 unspecified atom stereocenters. The zero-order chi connectivity index (χ0) is 14.6. The molecule has 0 atom stereocenters. The Morgan fingerprint density at radius 2 is 1.70 bits per heavy atom. The largest absolute Gasteiger partial charge is 0.311 e. The number of likely N-dealkylation sites (N-methyl/N-ethyl adjacent to an activating group) is 1. The van der Waals surface area contributed by atoms with Crippen LogP contribution in [0.25, 0.3) is 10.8 Å². The summed E-state index contributed by atoms with van der Waals surface area (Å²) in [5.41, 5.74) is 1.60. The fraction of sp³-hybridized carbons (Fsp3) is 0.444. The predicted molar refractivity (Wildman–Crippen MR) is 88.0 cm³/mol. The van der Waals surface area contributed by atoms with E-state index in [1.807, 2.05) is 0 Å². The Labute approximate surface area is 122 Å². The van der Waals surface area contributed by atoms with Crippen LogP contribution in [0.1, 0.15) is 26.3 Å². The second-order valence-electron chi connectivity index (χ2n) is 6.55. The SMILES string of the molecule is CN(CCNC(C)(C)C)Cc1cccc2ccccc12. The van der Waals surface area contributed by atoms with Gasteiger partial charge in [0.2, 0.25) is 0 Å². The summed E-state index contributed by atoms with van der Waals surface area (Å²) in [4.78, 5) is 2.38. The molecule has 0 aromatic heterocycles. The molecule has 2 rings (SSSR count). The molecule has 20 heavy (non-hydrogen) atoms. The first-order valence-electron chi connectivity index (χ1n) is 7.36. The highest BCUT2D eigenvalue weighted by atomic mass is 15.1. The number of fused-ring (bicyclic) bond motifs is 1. The van der Waals surface area contributed by atoms with Crippen molar-refractivity contribution < 1.29 is 0 Å². The molecule has 0 fully saturated rings. The number of rotatable bonds is 5. The van der Waals surface area contributed by atoms with E-state index in [4.69, 9.17) is 0 Å². The molecule has 2 aromatic carbocycles. The van der Waals surface area contributed by atoms with Crippen molar-refractivity contribution in [1.29, 1.82) is 0 Å². The summed E-state index contributed by atoms with van der Waals surface area (Å²) in [5, 5.41) is 6.23. The lowest BCUT2D eigenvalue weighted by Gasteiger charge is -2.24. The van der Waals surface area contributed by atoms with E-state index in [0.29, 0.717) is 0 Å². The van der Waals surface area contributed by atoms with E-state index in [-0.39, 0.29) is 5.54 Å². The van der Waals surface area contributed by atoms with Crippen molar-refractivity contribution in [2.45, 2.75) is 32.9 Å². The Bertz CT molecular complexity index is 549. The molecular weight excluding hydrogens is 244 g/mol. The number of nitrogens with one attached hydrogen (secondary N) is 1. The summed E-state index contributed by atoms with van der Waals surface area (Å²) in [6.07, 6.45) is 0. The third-order valence-electron chi connectivity index (χ3n) is 3.47. The number of hydrogen-bond donors (Lipinski definition) is 1. The van der Waals surface area contributed by atoms with Crippen molar-refractivity contribution in [2.24, 2.45) is 0 Å². The molecule has 0 aliphatic heterocycles. The summed E-state index contributed by atoms with van der Waals surface area (Å²) in [6, 6.07) is 15.2. The minimum atomic E-state index is 0.195. The maximum absolute atomic E-state index is 3.53. The molecule has 0 aliphatic carbocycles. The summed E-state index contributed by atoms with van der Waals surface area (Å²) in [7, 11) is 2.19. The van der Waals surface area contributed by atoms with E-state index in [2.05, 4.69) is 80.5 Å². The van der Waals surface area contributed by atoms with Crippen LogP contribution in [0.4, 0.5) is 0 Å². The Morgan fingerprint density at radius 1 is 1.00 bits per heavy atom. The number of benzene rings is 2. The van der Waals surface area contributed by atoms with Gasteiger partial charge in [0.1, 0.15) is 0 Å². The Balaban J connectivity index is 1.98. The molecule has 0 bridgehead atoms. The molecule has 2 nitrogen and oxygen atoms in total. The molecule has 0 saturated carbocycles. The van der Waals surface area contributed by atoms with Gasteiger partial charge in [-0.1, -0.05) is 42.5 Å². The van der Waals surface area contributed by atoms with Crippen LogP contribution < -0.4 is 5.32 Å². The lowest BCUT2D eigenvalue weighted by atomic mass is 10.0. The van der Waals surface area contributed by atoms with Crippen molar-refractivity contribution >= 4 is 10.8 Å². The van der Waals surface area contributed by atoms with Gasteiger partial charge in [-0.2, -0.15) is 0 Å². The Morgan fingerprint density at radius 3 is 2.45 bits per heavy atom. The smallest absolute Gasteiger partial charge is 0.0237 e. The Kier molecular flexibility index (Phi) is 4.79. The van der Waals surface area contributed by atoms with Crippen LogP contribution in [-0.4, -0.2) is 30.6 Å². The summed E-state index contributed by atoms with van der Waals surface area (Å²) in [5.74, 6) is 0. The summed E-state index contributed by atoms with van der Waals surface area (Å²) in [6.45, 7) is 9.69. The van der Waals surface area contributed by atoms with E-state index >= 15 is 0 Å². The van der Waals surface area contributed by atoms with Gasteiger partial charge in [0.25, 0.3) is 0 Å². The third kappa shape index (κ3) is 4.32. The Hall–Kier alpha value is -1.38. The van der Waals surface area contributed by atoms with Gasteiger partial charge >= 0.3 is 0 Å². The molecule has 2 aromatic rings. The molecule has 2 heteroatoms. The highest BCUT2D eigenvalue weighted by Gasteiger charge is 2.09. The number of hydrogen-bond acceptors (Lipinski definition) is 2. The monoisotopic (exact) mass is 270 g/mol. The van der Waals surface area contributed by atoms with Crippen LogP contribution in [0, 0.1) is 0 Å². The molecular formula is C18H26N2. The lowest BCUT2D eigenvalue weighted by molar-refractivity contribution is 0.304.